The molecule has 0 aliphatic carbocycles. The number of aliphatic hydroxyl groups excluding tert-OH is 1. The molecule has 0 spiro atoms. The summed E-state index contributed by atoms with van der Waals surface area (Å²) in [6.45, 7) is 4.91. The lowest BCUT2D eigenvalue weighted by atomic mass is 10.2. The molecular formula is C15H24N5O+. The Morgan fingerprint density at radius 3 is 2.57 bits per heavy atom. The van der Waals surface area contributed by atoms with Gasteiger partial charge in [0.05, 0.1) is 6.54 Å². The van der Waals surface area contributed by atoms with Crippen LogP contribution in [0.3, 0.4) is 0 Å². The van der Waals surface area contributed by atoms with E-state index < -0.39 is 0 Å². The molecule has 0 bridgehead atoms. The van der Waals surface area contributed by atoms with Crippen molar-refractivity contribution >= 4 is 23.0 Å². The molecule has 1 aromatic heterocycles. The third-order valence-electron chi connectivity index (χ3n) is 3.09. The molecule has 1 aliphatic rings. The number of aromatic nitrogens is 2. The van der Waals surface area contributed by atoms with Gasteiger partial charge in [-0.1, -0.05) is 37.0 Å². The highest BCUT2D eigenvalue weighted by Crippen LogP contribution is 2.35. The molecule has 6 nitrogen and oxygen atoms in total. The summed E-state index contributed by atoms with van der Waals surface area (Å²) in [5, 5.41) is 7.00. The van der Waals surface area contributed by atoms with E-state index in [1.807, 2.05) is 19.9 Å². The summed E-state index contributed by atoms with van der Waals surface area (Å²) in [4.78, 5) is 9.15. The van der Waals surface area contributed by atoms with Crippen LogP contribution in [-0.2, 0) is 6.42 Å². The highest BCUT2D eigenvalue weighted by molar-refractivity contribution is 5.78. The lowest BCUT2D eigenvalue weighted by molar-refractivity contribution is -0.367. The number of para-hydroxylation sites is 1. The minimum atomic E-state index is 0.364. The third-order valence-corrected chi connectivity index (χ3v) is 3.09. The lowest BCUT2D eigenvalue weighted by Crippen LogP contribution is -2.25. The quantitative estimate of drug-likeness (QED) is 0.736. The first kappa shape index (κ1) is 16.7. The summed E-state index contributed by atoms with van der Waals surface area (Å²) in [5.74, 6) is 1.19. The van der Waals surface area contributed by atoms with Crippen molar-refractivity contribution < 1.29 is 10.1 Å². The maximum atomic E-state index is 7.00. The molecule has 0 amide bonds. The van der Waals surface area contributed by atoms with Crippen molar-refractivity contribution in [1.82, 2.24) is 4.98 Å². The number of aliphatic hydroxyl groups is 1. The molecule has 0 unspecified atom stereocenters. The third kappa shape index (κ3) is 3.41. The molecule has 3 rings (SSSR count). The summed E-state index contributed by atoms with van der Waals surface area (Å²) in [5.41, 5.74) is 14.7. The van der Waals surface area contributed by atoms with Gasteiger partial charge in [0.25, 0.3) is 5.82 Å². The number of nitrogens with zero attached hydrogens (tertiary/aromatic N) is 2. The maximum absolute atomic E-state index is 7.00. The van der Waals surface area contributed by atoms with Gasteiger partial charge >= 0.3 is 0 Å². The first-order valence-corrected chi connectivity index (χ1v) is 6.99. The average Bonchev–Trinajstić information content (AvgIpc) is 2.98. The molecule has 21 heavy (non-hydrogen) atoms. The van der Waals surface area contributed by atoms with Crippen LogP contribution in [0.15, 0.2) is 30.6 Å². The first-order valence-electron chi connectivity index (χ1n) is 6.99. The number of nitrogens with two attached hydrogens (primary N) is 2. The van der Waals surface area contributed by atoms with Crippen molar-refractivity contribution in [3.8, 4) is 0 Å². The van der Waals surface area contributed by atoms with Crippen molar-refractivity contribution in [2.45, 2.75) is 20.3 Å². The van der Waals surface area contributed by atoms with Gasteiger partial charge in [0, 0.05) is 13.5 Å². The van der Waals surface area contributed by atoms with Gasteiger partial charge in [-0.05, 0) is 11.6 Å². The van der Waals surface area contributed by atoms with E-state index >= 15 is 0 Å². The normalized spacial score (nSPS) is 11.7. The Bertz CT molecular complexity index is 574. The monoisotopic (exact) mass is 290 g/mol. The van der Waals surface area contributed by atoms with Gasteiger partial charge in [-0.3, -0.25) is 4.90 Å². The number of fused-ring (bicyclic) bond motifs is 1. The van der Waals surface area contributed by atoms with E-state index in [1.165, 1.54) is 11.3 Å². The first-order chi connectivity index (χ1) is 10.3. The van der Waals surface area contributed by atoms with E-state index in [0.29, 0.717) is 11.5 Å². The lowest BCUT2D eigenvalue weighted by Gasteiger charge is -2.14. The molecule has 0 fully saturated rings. The number of rotatable bonds is 1. The summed E-state index contributed by atoms with van der Waals surface area (Å²) >= 11 is 0. The summed E-state index contributed by atoms with van der Waals surface area (Å²) < 4.78 is 0. The van der Waals surface area contributed by atoms with Crippen molar-refractivity contribution in [2.24, 2.45) is 0 Å². The zero-order valence-corrected chi connectivity index (χ0v) is 12.8. The fraction of sp³-hybridized carbons (Fsp3) is 0.333. The van der Waals surface area contributed by atoms with Crippen LogP contribution in [0, 0.1) is 0 Å². The molecule has 1 aromatic carbocycles. The fourth-order valence-electron chi connectivity index (χ4n) is 2.23. The van der Waals surface area contributed by atoms with Gasteiger partial charge in [0.15, 0.2) is 5.69 Å². The molecule has 0 saturated carbocycles. The SMILES string of the molecule is CC.CO.Nc1nc[nH+]c(N2CCc3ccccc32)c1N. The van der Waals surface area contributed by atoms with E-state index in [2.05, 4.69) is 33.1 Å². The number of nitrogens with one attached hydrogen (secondary N) is 1. The summed E-state index contributed by atoms with van der Waals surface area (Å²) in [6, 6.07) is 8.30. The summed E-state index contributed by atoms with van der Waals surface area (Å²) in [7, 11) is 1.00. The van der Waals surface area contributed by atoms with Gasteiger partial charge in [-0.2, -0.15) is 0 Å². The van der Waals surface area contributed by atoms with Crippen LogP contribution in [-0.4, -0.2) is 23.7 Å². The maximum Gasteiger partial charge on any atom is 0.255 e. The number of benzene rings is 1. The number of hydrogen-bond donors (Lipinski definition) is 3. The van der Waals surface area contributed by atoms with Gasteiger partial charge in [-0.15, -0.1) is 0 Å². The van der Waals surface area contributed by atoms with Crippen molar-refractivity contribution in [1.29, 1.82) is 0 Å². The van der Waals surface area contributed by atoms with Crippen LogP contribution in [0.4, 0.5) is 23.0 Å². The van der Waals surface area contributed by atoms with Crippen molar-refractivity contribution in [3.63, 3.8) is 0 Å². The molecular weight excluding hydrogens is 266 g/mol. The topological polar surface area (TPSA) is 103 Å². The zero-order chi connectivity index (χ0) is 15.8. The molecule has 2 heterocycles. The van der Waals surface area contributed by atoms with Crippen LogP contribution >= 0.6 is 0 Å². The van der Waals surface area contributed by atoms with E-state index in [9.17, 15) is 0 Å². The standard InChI is InChI=1S/C12H13N5.C2H6.CH4O/c13-10-11(14)15-7-16-12(10)17-6-5-8-3-1-2-4-9(8)17;2*1-2/h1-4,7H,5-6,13H2,(H2,14,15,16);1-2H3;2H,1H3/p+1. The van der Waals surface area contributed by atoms with Crippen LogP contribution in [0.2, 0.25) is 0 Å². The smallest absolute Gasteiger partial charge is 0.255 e. The van der Waals surface area contributed by atoms with E-state index in [1.54, 1.807) is 6.33 Å². The number of aromatic amines is 1. The number of hydrogen-bond acceptors (Lipinski definition) is 5. The van der Waals surface area contributed by atoms with Gasteiger partial charge in [-0.25, -0.2) is 4.98 Å². The second kappa shape index (κ2) is 8.06. The van der Waals surface area contributed by atoms with Crippen LogP contribution in [0.1, 0.15) is 19.4 Å². The minimum absolute atomic E-state index is 0.364. The number of anilines is 4. The zero-order valence-electron chi connectivity index (χ0n) is 12.8. The van der Waals surface area contributed by atoms with E-state index in [-0.39, 0.29) is 0 Å². The molecule has 0 saturated heterocycles. The number of H-pyrrole nitrogens is 1. The Hall–Kier alpha value is -2.34. The Labute approximate surface area is 125 Å². The van der Waals surface area contributed by atoms with Gasteiger partial charge < -0.3 is 16.6 Å². The second-order valence-corrected chi connectivity index (χ2v) is 4.08. The Balaban J connectivity index is 0.000000510. The molecule has 6 heteroatoms. The van der Waals surface area contributed by atoms with E-state index in [4.69, 9.17) is 16.6 Å². The van der Waals surface area contributed by atoms with Crippen LogP contribution in [0.25, 0.3) is 0 Å². The fourth-order valence-corrected chi connectivity index (χ4v) is 2.23. The minimum Gasteiger partial charge on any atom is -0.400 e. The second-order valence-electron chi connectivity index (χ2n) is 4.08. The molecule has 0 radical (unpaired) electrons. The highest BCUT2D eigenvalue weighted by Gasteiger charge is 2.28. The summed E-state index contributed by atoms with van der Waals surface area (Å²) in [6.07, 6.45) is 2.59. The largest absolute Gasteiger partial charge is 0.400 e. The van der Waals surface area contributed by atoms with E-state index in [0.717, 1.165) is 25.9 Å². The van der Waals surface area contributed by atoms with Gasteiger partial charge in [0.2, 0.25) is 12.1 Å². The Morgan fingerprint density at radius 2 is 1.86 bits per heavy atom. The predicted octanol–water partition coefficient (Wildman–Crippen LogP) is 1.39. The molecule has 114 valence electrons. The molecule has 2 aromatic rings. The average molecular weight is 290 g/mol. The van der Waals surface area contributed by atoms with Crippen molar-refractivity contribution in [2.75, 3.05) is 30.0 Å². The molecule has 6 N–H and O–H groups in total. The van der Waals surface area contributed by atoms with Crippen LogP contribution < -0.4 is 21.4 Å². The highest BCUT2D eigenvalue weighted by atomic mass is 16.2. The Morgan fingerprint density at radius 1 is 1.19 bits per heavy atom. The van der Waals surface area contributed by atoms with Gasteiger partial charge in [0.1, 0.15) is 5.69 Å². The Kier molecular flexibility index (Phi) is 6.42. The predicted molar refractivity (Wildman–Crippen MR) is 86.3 cm³/mol. The number of nitrogen functional groups attached to an aromatic ring is 2. The van der Waals surface area contributed by atoms with Crippen LogP contribution in [0.5, 0.6) is 0 Å². The van der Waals surface area contributed by atoms with Crippen molar-refractivity contribution in [3.05, 3.63) is 36.2 Å². The molecule has 0 atom stereocenters. The molecule has 1 aliphatic heterocycles.